The molecule has 0 unspecified atom stereocenters. The Bertz CT molecular complexity index is 688. The van der Waals surface area contributed by atoms with E-state index in [0.717, 1.165) is 11.3 Å². The third-order valence-electron chi connectivity index (χ3n) is 3.81. The molecule has 2 rings (SSSR count). The van der Waals surface area contributed by atoms with E-state index < -0.39 is 5.60 Å². The summed E-state index contributed by atoms with van der Waals surface area (Å²) < 4.78 is 7.03. The van der Waals surface area contributed by atoms with E-state index in [1.165, 1.54) is 6.92 Å². The lowest BCUT2D eigenvalue weighted by Crippen LogP contribution is -2.40. The lowest BCUT2D eigenvalue weighted by atomic mass is 10.1. The molecule has 1 aliphatic heterocycles. The molecule has 1 aromatic rings. The van der Waals surface area contributed by atoms with Crippen LogP contribution >= 0.6 is 0 Å². The standard InChI is InChI=1S/C17H26N4O4/c1-11(22)6-7-14(23)18-15-12-10-21(16(24)25-17(2,3)4)9-8-13(12)19-20(15)5/h6-10H2,1-5H3,(H,18,23). The maximum Gasteiger partial charge on any atom is 0.410 e. The molecule has 0 spiro atoms. The quantitative estimate of drug-likeness (QED) is 0.897. The van der Waals surface area contributed by atoms with Gasteiger partial charge in [0.15, 0.2) is 0 Å². The molecule has 8 heteroatoms. The zero-order valence-corrected chi connectivity index (χ0v) is 15.5. The molecule has 0 atom stereocenters. The van der Waals surface area contributed by atoms with Gasteiger partial charge in [-0.25, -0.2) is 4.79 Å². The van der Waals surface area contributed by atoms with Gasteiger partial charge in [0, 0.05) is 38.4 Å². The summed E-state index contributed by atoms with van der Waals surface area (Å²) in [5, 5.41) is 7.24. The Kier molecular flexibility index (Phi) is 5.49. The molecule has 1 N–H and O–H groups in total. The zero-order valence-electron chi connectivity index (χ0n) is 15.5. The van der Waals surface area contributed by atoms with Crippen molar-refractivity contribution < 1.29 is 19.1 Å². The third-order valence-corrected chi connectivity index (χ3v) is 3.81. The number of hydrogen-bond donors (Lipinski definition) is 1. The maximum atomic E-state index is 12.3. The summed E-state index contributed by atoms with van der Waals surface area (Å²) >= 11 is 0. The highest BCUT2D eigenvalue weighted by Crippen LogP contribution is 2.27. The predicted molar refractivity (Wildman–Crippen MR) is 92.1 cm³/mol. The molecule has 0 aromatic carbocycles. The van der Waals surface area contributed by atoms with Crippen LogP contribution in [0.2, 0.25) is 0 Å². The molecule has 0 radical (unpaired) electrons. The molecule has 2 amide bonds. The fourth-order valence-electron chi connectivity index (χ4n) is 2.62. The number of aryl methyl sites for hydroxylation is 1. The van der Waals surface area contributed by atoms with Crippen LogP contribution in [0.1, 0.15) is 51.8 Å². The minimum Gasteiger partial charge on any atom is -0.444 e. The summed E-state index contributed by atoms with van der Waals surface area (Å²) in [7, 11) is 1.75. The Hall–Kier alpha value is -2.38. The first-order chi connectivity index (χ1) is 11.6. The number of aromatic nitrogens is 2. The Morgan fingerprint density at radius 2 is 1.92 bits per heavy atom. The third kappa shape index (κ3) is 5.04. The van der Waals surface area contributed by atoms with Crippen molar-refractivity contribution in [1.29, 1.82) is 0 Å². The monoisotopic (exact) mass is 350 g/mol. The van der Waals surface area contributed by atoms with Crippen molar-refractivity contribution in [3.8, 4) is 0 Å². The molecule has 0 saturated carbocycles. The van der Waals surface area contributed by atoms with Crippen LogP contribution < -0.4 is 5.32 Å². The first-order valence-corrected chi connectivity index (χ1v) is 8.39. The molecule has 0 aliphatic carbocycles. The molecule has 0 saturated heterocycles. The Labute approximate surface area is 147 Å². The van der Waals surface area contributed by atoms with Crippen LogP contribution in [0.25, 0.3) is 0 Å². The number of nitrogens with zero attached hydrogens (tertiary/aromatic N) is 3. The van der Waals surface area contributed by atoms with Crippen molar-refractivity contribution in [3.63, 3.8) is 0 Å². The van der Waals surface area contributed by atoms with Crippen molar-refractivity contribution in [2.75, 3.05) is 11.9 Å². The fraction of sp³-hybridized carbons (Fsp3) is 0.647. The van der Waals surface area contributed by atoms with E-state index in [4.69, 9.17) is 4.74 Å². The number of ketones is 1. The largest absolute Gasteiger partial charge is 0.444 e. The van der Waals surface area contributed by atoms with E-state index in [9.17, 15) is 14.4 Å². The van der Waals surface area contributed by atoms with Crippen LogP contribution in [-0.2, 0) is 34.3 Å². The molecule has 138 valence electrons. The van der Waals surface area contributed by atoms with Crippen LogP contribution in [0, 0.1) is 0 Å². The van der Waals surface area contributed by atoms with Gasteiger partial charge in [0.2, 0.25) is 5.91 Å². The Balaban J connectivity index is 2.11. The SMILES string of the molecule is CC(=O)CCC(=O)Nc1c2c(nn1C)CCN(C(=O)OC(C)(C)C)C2. The highest BCUT2D eigenvalue weighted by Gasteiger charge is 2.30. The van der Waals surface area contributed by atoms with Gasteiger partial charge < -0.3 is 19.7 Å². The van der Waals surface area contributed by atoms with Gasteiger partial charge in [-0.3, -0.25) is 9.48 Å². The number of rotatable bonds is 4. The molecule has 1 aromatic heterocycles. The van der Waals surface area contributed by atoms with Gasteiger partial charge in [0.25, 0.3) is 0 Å². The summed E-state index contributed by atoms with van der Waals surface area (Å²) in [4.78, 5) is 37.0. The minimum absolute atomic E-state index is 0.0294. The summed E-state index contributed by atoms with van der Waals surface area (Å²) in [5.41, 5.74) is 1.12. The molecule has 8 nitrogen and oxygen atoms in total. The summed E-state index contributed by atoms with van der Waals surface area (Å²) in [5.74, 6) is 0.297. The number of ether oxygens (including phenoxy) is 1. The van der Waals surface area contributed by atoms with Gasteiger partial charge in [-0.05, 0) is 27.7 Å². The van der Waals surface area contributed by atoms with E-state index >= 15 is 0 Å². The second kappa shape index (κ2) is 7.25. The number of carbonyl (C=O) groups excluding carboxylic acids is 3. The average molecular weight is 350 g/mol. The van der Waals surface area contributed by atoms with Gasteiger partial charge in [-0.2, -0.15) is 5.10 Å². The lowest BCUT2D eigenvalue weighted by molar-refractivity contribution is -0.121. The van der Waals surface area contributed by atoms with E-state index in [1.54, 1.807) is 16.6 Å². The number of carbonyl (C=O) groups is 3. The zero-order chi connectivity index (χ0) is 18.8. The maximum absolute atomic E-state index is 12.3. The molecule has 0 bridgehead atoms. The number of hydrogen-bond acceptors (Lipinski definition) is 5. The first kappa shape index (κ1) is 19.0. The molecule has 25 heavy (non-hydrogen) atoms. The van der Waals surface area contributed by atoms with E-state index in [-0.39, 0.29) is 30.6 Å². The van der Waals surface area contributed by atoms with Crippen LogP contribution in [-0.4, -0.2) is 44.6 Å². The molecular weight excluding hydrogens is 324 g/mol. The number of amides is 2. The highest BCUT2D eigenvalue weighted by atomic mass is 16.6. The highest BCUT2D eigenvalue weighted by molar-refractivity contribution is 5.93. The van der Waals surface area contributed by atoms with Crippen molar-refractivity contribution in [2.24, 2.45) is 7.05 Å². The number of nitrogens with one attached hydrogen (secondary N) is 1. The van der Waals surface area contributed by atoms with Gasteiger partial charge in [-0.1, -0.05) is 0 Å². The summed E-state index contributed by atoms with van der Waals surface area (Å²) in [6.07, 6.45) is 0.558. The van der Waals surface area contributed by atoms with Crippen molar-refractivity contribution >= 4 is 23.6 Å². The van der Waals surface area contributed by atoms with Crippen LogP contribution in [0.15, 0.2) is 0 Å². The molecule has 2 heterocycles. The van der Waals surface area contributed by atoms with Gasteiger partial charge in [-0.15, -0.1) is 0 Å². The van der Waals surface area contributed by atoms with Gasteiger partial charge in [0.05, 0.1) is 12.2 Å². The molecule has 1 aliphatic rings. The van der Waals surface area contributed by atoms with Crippen molar-refractivity contribution in [1.82, 2.24) is 14.7 Å². The van der Waals surface area contributed by atoms with Crippen LogP contribution in [0.4, 0.5) is 10.6 Å². The molecular formula is C17H26N4O4. The number of Topliss-reactive ketones (excluding diaryl/α,β-unsaturated/α-hetero) is 1. The number of fused-ring (bicyclic) bond motifs is 1. The first-order valence-electron chi connectivity index (χ1n) is 8.39. The van der Waals surface area contributed by atoms with E-state index in [1.807, 2.05) is 20.8 Å². The fourth-order valence-corrected chi connectivity index (χ4v) is 2.62. The molecule has 0 fully saturated rings. The topological polar surface area (TPSA) is 93.5 Å². The Morgan fingerprint density at radius 1 is 1.24 bits per heavy atom. The Morgan fingerprint density at radius 3 is 2.52 bits per heavy atom. The van der Waals surface area contributed by atoms with E-state index in [2.05, 4.69) is 10.4 Å². The van der Waals surface area contributed by atoms with Crippen molar-refractivity contribution in [3.05, 3.63) is 11.3 Å². The predicted octanol–water partition coefficient (Wildman–Crippen LogP) is 2.02. The van der Waals surface area contributed by atoms with Gasteiger partial charge in [0.1, 0.15) is 17.2 Å². The second-order valence-electron chi connectivity index (χ2n) is 7.30. The second-order valence-corrected chi connectivity index (χ2v) is 7.30. The normalized spacial score (nSPS) is 14.0. The van der Waals surface area contributed by atoms with Crippen molar-refractivity contribution in [2.45, 2.75) is 59.1 Å². The van der Waals surface area contributed by atoms with E-state index in [0.29, 0.717) is 25.3 Å². The summed E-state index contributed by atoms with van der Waals surface area (Å²) in [6.45, 7) is 7.79. The smallest absolute Gasteiger partial charge is 0.410 e. The average Bonchev–Trinajstić information content (AvgIpc) is 2.79. The number of anilines is 1. The lowest BCUT2D eigenvalue weighted by Gasteiger charge is -2.29. The summed E-state index contributed by atoms with van der Waals surface area (Å²) in [6, 6.07) is 0. The van der Waals surface area contributed by atoms with Crippen LogP contribution in [0.5, 0.6) is 0 Å². The van der Waals surface area contributed by atoms with Crippen LogP contribution in [0.3, 0.4) is 0 Å². The minimum atomic E-state index is -0.559. The van der Waals surface area contributed by atoms with Gasteiger partial charge >= 0.3 is 6.09 Å².